The lowest BCUT2D eigenvalue weighted by Gasteiger charge is -2.27. The van der Waals surface area contributed by atoms with Gasteiger partial charge < -0.3 is 19.0 Å². The highest BCUT2D eigenvalue weighted by atomic mass is 32.1. The van der Waals surface area contributed by atoms with Gasteiger partial charge in [-0.3, -0.25) is 19.8 Å². The number of furan rings is 1. The summed E-state index contributed by atoms with van der Waals surface area (Å²) < 4.78 is 16.1. The first kappa shape index (κ1) is 21.8. The third kappa shape index (κ3) is 4.81. The van der Waals surface area contributed by atoms with E-state index in [-0.39, 0.29) is 29.6 Å². The van der Waals surface area contributed by atoms with Crippen molar-refractivity contribution in [2.45, 2.75) is 6.61 Å². The predicted molar refractivity (Wildman–Crippen MR) is 114 cm³/mol. The largest absolute Gasteiger partial charge is 0.493 e. The van der Waals surface area contributed by atoms with E-state index < -0.39 is 17.8 Å². The summed E-state index contributed by atoms with van der Waals surface area (Å²) in [6.45, 7) is 3.73. The van der Waals surface area contributed by atoms with Crippen molar-refractivity contribution in [1.82, 2.24) is 10.2 Å². The number of ether oxygens (including phenoxy) is 2. The number of methoxy groups -OCH3 is 1. The first-order valence-electron chi connectivity index (χ1n) is 8.96. The minimum absolute atomic E-state index is 0.0150. The SMILES string of the molecule is C=CCN1C(=O)/C(=C\c2ccc(OCc3ccc(C(=O)O)o3)c(OC)c2)C(=O)NC1=S. The van der Waals surface area contributed by atoms with E-state index in [0.717, 1.165) is 0 Å². The molecule has 1 aromatic carbocycles. The average molecular weight is 442 g/mol. The van der Waals surface area contributed by atoms with E-state index in [1.54, 1.807) is 18.2 Å². The summed E-state index contributed by atoms with van der Waals surface area (Å²) in [5.74, 6) is -1.44. The second-order valence-corrected chi connectivity index (χ2v) is 6.68. The lowest BCUT2D eigenvalue weighted by atomic mass is 10.1. The number of carbonyl (C=O) groups is 3. The smallest absolute Gasteiger partial charge is 0.371 e. The first-order chi connectivity index (χ1) is 14.8. The zero-order valence-electron chi connectivity index (χ0n) is 16.4. The van der Waals surface area contributed by atoms with E-state index >= 15 is 0 Å². The Morgan fingerprint density at radius 3 is 2.71 bits per heavy atom. The third-order valence-corrected chi connectivity index (χ3v) is 4.56. The van der Waals surface area contributed by atoms with Crippen LogP contribution in [-0.2, 0) is 16.2 Å². The van der Waals surface area contributed by atoms with Crippen molar-refractivity contribution in [1.29, 1.82) is 0 Å². The molecule has 0 unspecified atom stereocenters. The Bertz CT molecular complexity index is 1100. The Kier molecular flexibility index (Phi) is 6.51. The molecule has 0 aliphatic carbocycles. The number of carboxylic acid groups (broad SMARTS) is 1. The van der Waals surface area contributed by atoms with Crippen molar-refractivity contribution in [2.24, 2.45) is 0 Å². The molecule has 1 aliphatic heterocycles. The molecule has 0 saturated carbocycles. The van der Waals surface area contributed by atoms with Gasteiger partial charge in [0.1, 0.15) is 17.9 Å². The number of rotatable bonds is 8. The van der Waals surface area contributed by atoms with Crippen molar-refractivity contribution in [3.63, 3.8) is 0 Å². The number of thiocarbonyl (C=S) groups is 1. The van der Waals surface area contributed by atoms with E-state index in [4.69, 9.17) is 31.2 Å². The molecule has 2 heterocycles. The van der Waals surface area contributed by atoms with E-state index in [0.29, 0.717) is 22.8 Å². The molecule has 1 fully saturated rings. The van der Waals surface area contributed by atoms with Gasteiger partial charge in [0.05, 0.1) is 7.11 Å². The number of hydrogen-bond acceptors (Lipinski definition) is 7. The highest BCUT2D eigenvalue weighted by molar-refractivity contribution is 7.80. The number of carboxylic acids is 1. The second kappa shape index (κ2) is 9.26. The standard InChI is InChI=1S/C21H18N2O7S/c1-3-8-23-19(25)14(18(24)22-21(23)31)9-12-4-6-15(17(10-12)28-2)29-11-13-5-7-16(30-13)20(26)27/h3-7,9-10H,1,8,11H2,2H3,(H,26,27)(H,22,24,31)/b14-9-. The molecular formula is C21H18N2O7S. The monoisotopic (exact) mass is 442 g/mol. The molecule has 0 radical (unpaired) electrons. The number of nitrogens with one attached hydrogen (secondary N) is 1. The zero-order chi connectivity index (χ0) is 22.5. The maximum atomic E-state index is 12.6. The van der Waals surface area contributed by atoms with E-state index in [2.05, 4.69) is 11.9 Å². The van der Waals surface area contributed by atoms with Crippen molar-refractivity contribution in [2.75, 3.05) is 13.7 Å². The number of hydrogen-bond donors (Lipinski definition) is 2. The van der Waals surface area contributed by atoms with Crippen LogP contribution in [0.3, 0.4) is 0 Å². The van der Waals surface area contributed by atoms with Gasteiger partial charge in [-0.1, -0.05) is 12.1 Å². The second-order valence-electron chi connectivity index (χ2n) is 6.29. The van der Waals surface area contributed by atoms with Crippen LogP contribution in [0.5, 0.6) is 11.5 Å². The van der Waals surface area contributed by atoms with Gasteiger partial charge >= 0.3 is 5.97 Å². The first-order valence-corrected chi connectivity index (χ1v) is 9.37. The topological polar surface area (TPSA) is 118 Å². The number of benzene rings is 1. The molecule has 9 nitrogen and oxygen atoms in total. The summed E-state index contributed by atoms with van der Waals surface area (Å²) in [6, 6.07) is 7.67. The fraction of sp³-hybridized carbons (Fsp3) is 0.143. The summed E-state index contributed by atoms with van der Waals surface area (Å²) in [7, 11) is 1.44. The lowest BCUT2D eigenvalue weighted by Crippen LogP contribution is -2.53. The van der Waals surface area contributed by atoms with Gasteiger partial charge in [-0.05, 0) is 48.1 Å². The van der Waals surface area contributed by atoms with Gasteiger partial charge in [-0.25, -0.2) is 4.79 Å². The zero-order valence-corrected chi connectivity index (χ0v) is 17.2. The third-order valence-electron chi connectivity index (χ3n) is 4.24. The van der Waals surface area contributed by atoms with Crippen LogP contribution in [0.1, 0.15) is 21.9 Å². The molecule has 1 saturated heterocycles. The summed E-state index contributed by atoms with van der Waals surface area (Å²) in [5.41, 5.74) is 0.447. The molecule has 160 valence electrons. The predicted octanol–water partition coefficient (Wildman–Crippen LogP) is 2.38. The fourth-order valence-electron chi connectivity index (χ4n) is 2.77. The fourth-order valence-corrected chi connectivity index (χ4v) is 3.02. The summed E-state index contributed by atoms with van der Waals surface area (Å²) in [4.78, 5) is 37.0. The highest BCUT2D eigenvalue weighted by Crippen LogP contribution is 2.30. The Balaban J connectivity index is 1.80. The molecule has 31 heavy (non-hydrogen) atoms. The van der Waals surface area contributed by atoms with Crippen LogP contribution in [0.4, 0.5) is 0 Å². The van der Waals surface area contributed by atoms with Crippen molar-refractivity contribution in [3.05, 3.63) is 65.6 Å². The molecular weight excluding hydrogens is 424 g/mol. The van der Waals surface area contributed by atoms with Gasteiger partial charge in [0, 0.05) is 6.54 Å². The molecule has 1 aliphatic rings. The van der Waals surface area contributed by atoms with Crippen molar-refractivity contribution < 1.29 is 33.4 Å². The van der Waals surface area contributed by atoms with E-state index in [9.17, 15) is 14.4 Å². The quantitative estimate of drug-likeness (QED) is 0.277. The molecule has 1 aromatic heterocycles. The van der Waals surface area contributed by atoms with Crippen LogP contribution in [-0.4, -0.2) is 46.6 Å². The van der Waals surface area contributed by atoms with Crippen LogP contribution in [0.15, 0.2) is 53.0 Å². The minimum atomic E-state index is -1.17. The maximum absolute atomic E-state index is 12.6. The molecule has 3 rings (SSSR count). The Hall–Kier alpha value is -3.92. The average Bonchev–Trinajstić information content (AvgIpc) is 3.22. The van der Waals surface area contributed by atoms with Gasteiger partial charge in [0.15, 0.2) is 16.6 Å². The van der Waals surface area contributed by atoms with Gasteiger partial charge in [-0.2, -0.15) is 0 Å². The normalized spacial score (nSPS) is 15.1. The highest BCUT2D eigenvalue weighted by Gasteiger charge is 2.32. The molecule has 0 spiro atoms. The van der Waals surface area contributed by atoms with E-state index in [1.165, 1.54) is 36.3 Å². The molecule has 2 amide bonds. The maximum Gasteiger partial charge on any atom is 0.371 e. The number of nitrogens with zero attached hydrogens (tertiary/aromatic N) is 1. The summed E-state index contributed by atoms with van der Waals surface area (Å²) in [6.07, 6.45) is 2.93. The number of carbonyl (C=O) groups excluding carboxylic acids is 2. The van der Waals surface area contributed by atoms with Crippen molar-refractivity contribution in [3.8, 4) is 11.5 Å². The Morgan fingerprint density at radius 2 is 2.06 bits per heavy atom. The number of aromatic carboxylic acids is 1. The van der Waals surface area contributed by atoms with E-state index in [1.807, 2.05) is 0 Å². The van der Waals surface area contributed by atoms with Gasteiger partial charge in [0.2, 0.25) is 5.76 Å². The van der Waals surface area contributed by atoms with Crippen LogP contribution in [0.2, 0.25) is 0 Å². The van der Waals surface area contributed by atoms with Crippen LogP contribution >= 0.6 is 12.2 Å². The van der Waals surface area contributed by atoms with Crippen LogP contribution < -0.4 is 14.8 Å². The summed E-state index contributed by atoms with van der Waals surface area (Å²) >= 11 is 5.03. The molecule has 10 heteroatoms. The molecule has 2 N–H and O–H groups in total. The van der Waals surface area contributed by atoms with Crippen molar-refractivity contribution >= 4 is 41.2 Å². The lowest BCUT2D eigenvalue weighted by molar-refractivity contribution is -0.128. The Labute approximate surface area is 182 Å². The Morgan fingerprint density at radius 1 is 1.29 bits per heavy atom. The summed E-state index contributed by atoms with van der Waals surface area (Å²) in [5, 5.41) is 11.4. The molecule has 2 aromatic rings. The minimum Gasteiger partial charge on any atom is -0.493 e. The van der Waals surface area contributed by atoms with Crippen LogP contribution in [0.25, 0.3) is 6.08 Å². The molecule has 0 atom stereocenters. The van der Waals surface area contributed by atoms with Gasteiger partial charge in [-0.15, -0.1) is 6.58 Å². The van der Waals surface area contributed by atoms with Gasteiger partial charge in [0.25, 0.3) is 11.8 Å². The van der Waals surface area contributed by atoms with Crippen LogP contribution in [0, 0.1) is 0 Å². The molecule has 0 bridgehead atoms. The number of amides is 2.